The lowest BCUT2D eigenvalue weighted by atomic mass is 10.1. The predicted molar refractivity (Wildman–Crippen MR) is 119 cm³/mol. The topological polar surface area (TPSA) is 103 Å². The van der Waals surface area contributed by atoms with Crippen LogP contribution in [0.3, 0.4) is 0 Å². The highest BCUT2D eigenvalue weighted by Crippen LogP contribution is 2.17. The third-order valence-corrected chi connectivity index (χ3v) is 4.49. The lowest BCUT2D eigenvalue weighted by Gasteiger charge is -2.18. The van der Waals surface area contributed by atoms with Crippen molar-refractivity contribution in [2.24, 2.45) is 5.73 Å². The Kier molecular flexibility index (Phi) is 11.3. The molecule has 2 rings (SSSR count). The van der Waals surface area contributed by atoms with E-state index in [1.165, 1.54) is 0 Å². The molecule has 0 fully saturated rings. The van der Waals surface area contributed by atoms with Crippen molar-refractivity contribution >= 4 is 24.4 Å². The number of alkyl carbamates (subject to hydrolysis) is 1. The van der Waals surface area contributed by atoms with Crippen LogP contribution in [0.5, 0.6) is 5.75 Å². The van der Waals surface area contributed by atoms with Gasteiger partial charge in [0, 0.05) is 6.54 Å². The van der Waals surface area contributed by atoms with Crippen molar-refractivity contribution in [3.05, 3.63) is 65.7 Å². The van der Waals surface area contributed by atoms with Gasteiger partial charge < -0.3 is 25.8 Å². The highest BCUT2D eigenvalue weighted by molar-refractivity contribution is 5.85. The first-order chi connectivity index (χ1) is 14.0. The molecule has 0 heterocycles. The highest BCUT2D eigenvalue weighted by atomic mass is 35.5. The van der Waals surface area contributed by atoms with Gasteiger partial charge in [-0.15, -0.1) is 12.4 Å². The summed E-state index contributed by atoms with van der Waals surface area (Å²) in [5, 5.41) is 5.57. The zero-order valence-electron chi connectivity index (χ0n) is 17.3. The summed E-state index contributed by atoms with van der Waals surface area (Å²) in [6.45, 7) is 2.51. The zero-order valence-corrected chi connectivity index (χ0v) is 18.1. The number of carbonyl (C=O) groups is 2. The summed E-state index contributed by atoms with van der Waals surface area (Å²) in [5.74, 6) is 0.541. The second kappa shape index (κ2) is 13.5. The van der Waals surface area contributed by atoms with E-state index in [1.54, 1.807) is 7.11 Å². The van der Waals surface area contributed by atoms with Gasteiger partial charge in [0.05, 0.1) is 19.2 Å². The summed E-state index contributed by atoms with van der Waals surface area (Å²) < 4.78 is 10.3. The van der Waals surface area contributed by atoms with Gasteiger partial charge in [-0.25, -0.2) is 4.79 Å². The van der Waals surface area contributed by atoms with Gasteiger partial charge in [0.15, 0.2) is 0 Å². The van der Waals surface area contributed by atoms with E-state index in [0.29, 0.717) is 19.4 Å². The SMILES string of the molecule is COc1ccc([C@@H](C)NC(=O)[C@@H](N)CCCNC(=O)OCc2ccccc2)cc1.Cl. The number of nitrogens with two attached hydrogens (primary N) is 1. The number of hydrogen-bond acceptors (Lipinski definition) is 5. The Hall–Kier alpha value is -2.77. The van der Waals surface area contributed by atoms with Gasteiger partial charge in [0.25, 0.3) is 0 Å². The van der Waals surface area contributed by atoms with E-state index in [9.17, 15) is 9.59 Å². The average Bonchev–Trinajstić information content (AvgIpc) is 2.75. The summed E-state index contributed by atoms with van der Waals surface area (Å²) in [6, 6.07) is 16.2. The van der Waals surface area contributed by atoms with Crippen molar-refractivity contribution in [1.82, 2.24) is 10.6 Å². The molecular formula is C22H30ClN3O4. The van der Waals surface area contributed by atoms with E-state index in [4.69, 9.17) is 15.2 Å². The van der Waals surface area contributed by atoms with Crippen molar-refractivity contribution in [3.63, 3.8) is 0 Å². The largest absolute Gasteiger partial charge is 0.497 e. The van der Waals surface area contributed by atoms with Gasteiger partial charge in [-0.2, -0.15) is 0 Å². The van der Waals surface area contributed by atoms with E-state index in [0.717, 1.165) is 16.9 Å². The Bertz CT molecular complexity index is 772. The van der Waals surface area contributed by atoms with Crippen molar-refractivity contribution in [1.29, 1.82) is 0 Å². The molecule has 2 atom stereocenters. The number of halogens is 1. The number of ether oxygens (including phenoxy) is 2. The van der Waals surface area contributed by atoms with Gasteiger partial charge in [0.2, 0.25) is 5.91 Å². The molecule has 164 valence electrons. The third kappa shape index (κ3) is 8.71. The van der Waals surface area contributed by atoms with E-state index in [2.05, 4.69) is 10.6 Å². The van der Waals surface area contributed by atoms with Gasteiger partial charge in [-0.05, 0) is 43.0 Å². The summed E-state index contributed by atoms with van der Waals surface area (Å²) in [5.41, 5.74) is 7.86. The minimum Gasteiger partial charge on any atom is -0.497 e. The molecule has 0 aromatic heterocycles. The Morgan fingerprint density at radius 2 is 1.73 bits per heavy atom. The fourth-order valence-corrected chi connectivity index (χ4v) is 2.71. The summed E-state index contributed by atoms with van der Waals surface area (Å²) in [4.78, 5) is 24.0. The molecule has 8 heteroatoms. The standard InChI is InChI=1S/C22H29N3O4.ClH/c1-16(18-10-12-19(28-2)13-11-18)25-21(26)20(23)9-6-14-24-22(27)29-15-17-7-4-3-5-8-17;/h3-5,7-8,10-13,16,20H,6,9,14-15,23H2,1-2H3,(H,24,27)(H,25,26);1H/t16-,20+;/m1./s1. The molecule has 0 spiro atoms. The fourth-order valence-electron chi connectivity index (χ4n) is 2.71. The Balaban J connectivity index is 0.00000450. The van der Waals surface area contributed by atoms with Crippen molar-refractivity contribution < 1.29 is 19.1 Å². The lowest BCUT2D eigenvalue weighted by molar-refractivity contribution is -0.123. The van der Waals surface area contributed by atoms with Gasteiger partial charge in [-0.3, -0.25) is 4.79 Å². The summed E-state index contributed by atoms with van der Waals surface area (Å²) >= 11 is 0. The lowest BCUT2D eigenvalue weighted by Crippen LogP contribution is -2.42. The first-order valence-electron chi connectivity index (χ1n) is 9.64. The molecule has 0 radical (unpaired) electrons. The maximum absolute atomic E-state index is 12.3. The van der Waals surface area contributed by atoms with Crippen molar-refractivity contribution in [3.8, 4) is 5.75 Å². The third-order valence-electron chi connectivity index (χ3n) is 4.49. The Morgan fingerprint density at radius 1 is 1.07 bits per heavy atom. The van der Waals surface area contributed by atoms with E-state index in [1.807, 2.05) is 61.5 Å². The molecule has 30 heavy (non-hydrogen) atoms. The number of methoxy groups -OCH3 is 1. The second-order valence-electron chi connectivity index (χ2n) is 6.74. The minimum atomic E-state index is -0.641. The average molecular weight is 436 g/mol. The van der Waals surface area contributed by atoms with Crippen LogP contribution < -0.4 is 21.1 Å². The number of amides is 2. The molecule has 0 unspecified atom stereocenters. The molecule has 2 aromatic rings. The van der Waals surface area contributed by atoms with E-state index < -0.39 is 12.1 Å². The number of nitrogens with one attached hydrogen (secondary N) is 2. The maximum atomic E-state index is 12.3. The predicted octanol–water partition coefficient (Wildman–Crippen LogP) is 3.33. The van der Waals surface area contributed by atoms with Crippen LogP contribution in [-0.2, 0) is 16.1 Å². The molecule has 2 amide bonds. The molecule has 0 aliphatic heterocycles. The number of hydrogen-bond donors (Lipinski definition) is 3. The Morgan fingerprint density at radius 3 is 2.37 bits per heavy atom. The van der Waals surface area contributed by atoms with Crippen LogP contribution in [0.1, 0.15) is 36.9 Å². The van der Waals surface area contributed by atoms with Crippen LogP contribution in [0.15, 0.2) is 54.6 Å². The minimum absolute atomic E-state index is 0. The van der Waals surface area contributed by atoms with Crippen molar-refractivity contribution in [2.75, 3.05) is 13.7 Å². The van der Waals surface area contributed by atoms with Crippen LogP contribution >= 0.6 is 12.4 Å². The van der Waals surface area contributed by atoms with Crippen LogP contribution in [-0.4, -0.2) is 31.7 Å². The maximum Gasteiger partial charge on any atom is 0.407 e. The van der Waals surface area contributed by atoms with Crippen molar-refractivity contribution in [2.45, 2.75) is 38.5 Å². The smallest absolute Gasteiger partial charge is 0.407 e. The molecule has 0 saturated carbocycles. The van der Waals surface area contributed by atoms with Gasteiger partial charge in [-0.1, -0.05) is 42.5 Å². The molecule has 0 aliphatic carbocycles. The van der Waals surface area contributed by atoms with Crippen LogP contribution in [0.25, 0.3) is 0 Å². The van der Waals surface area contributed by atoms with Gasteiger partial charge in [0.1, 0.15) is 12.4 Å². The number of carbonyl (C=O) groups excluding carboxylic acids is 2. The zero-order chi connectivity index (χ0) is 21.1. The second-order valence-corrected chi connectivity index (χ2v) is 6.74. The normalized spacial score (nSPS) is 12.1. The van der Waals surface area contributed by atoms with E-state index in [-0.39, 0.29) is 31.0 Å². The molecule has 7 nitrogen and oxygen atoms in total. The molecule has 2 aromatic carbocycles. The molecular weight excluding hydrogens is 406 g/mol. The number of benzene rings is 2. The summed E-state index contributed by atoms with van der Waals surface area (Å²) in [6.07, 6.45) is 0.548. The first kappa shape index (κ1) is 25.3. The monoisotopic (exact) mass is 435 g/mol. The van der Waals surface area contributed by atoms with Crippen LogP contribution in [0.4, 0.5) is 4.79 Å². The molecule has 4 N–H and O–H groups in total. The Labute approximate surface area is 183 Å². The molecule has 0 bridgehead atoms. The first-order valence-corrected chi connectivity index (χ1v) is 9.64. The van der Waals surface area contributed by atoms with E-state index >= 15 is 0 Å². The molecule has 0 aliphatic rings. The fraction of sp³-hybridized carbons (Fsp3) is 0.364. The van der Waals surface area contributed by atoms with Crippen LogP contribution in [0, 0.1) is 0 Å². The van der Waals surface area contributed by atoms with Gasteiger partial charge >= 0.3 is 6.09 Å². The molecule has 0 saturated heterocycles. The number of rotatable bonds is 10. The van der Waals surface area contributed by atoms with Crippen LogP contribution in [0.2, 0.25) is 0 Å². The highest BCUT2D eigenvalue weighted by Gasteiger charge is 2.16. The quantitative estimate of drug-likeness (QED) is 0.497. The summed E-state index contributed by atoms with van der Waals surface area (Å²) in [7, 11) is 1.61.